The Labute approximate surface area is 172 Å². The van der Waals surface area contributed by atoms with E-state index in [4.69, 9.17) is 4.74 Å². The van der Waals surface area contributed by atoms with Crippen LogP contribution in [0.3, 0.4) is 0 Å². The van der Waals surface area contributed by atoms with E-state index in [0.29, 0.717) is 23.8 Å². The zero-order chi connectivity index (χ0) is 20.1. The third-order valence-corrected chi connectivity index (χ3v) is 5.71. The van der Waals surface area contributed by atoms with Gasteiger partial charge in [-0.2, -0.15) is 0 Å². The van der Waals surface area contributed by atoms with Crippen molar-refractivity contribution in [2.75, 3.05) is 13.1 Å². The molecule has 0 spiro atoms. The third kappa shape index (κ3) is 4.86. The van der Waals surface area contributed by atoms with Gasteiger partial charge in [0.15, 0.2) is 11.6 Å². The van der Waals surface area contributed by atoms with Crippen molar-refractivity contribution in [1.29, 1.82) is 0 Å². The highest BCUT2D eigenvalue weighted by Gasteiger charge is 2.25. The highest BCUT2D eigenvalue weighted by molar-refractivity contribution is 7.09. The van der Waals surface area contributed by atoms with Crippen molar-refractivity contribution >= 4 is 23.3 Å². The van der Waals surface area contributed by atoms with E-state index in [-0.39, 0.29) is 11.7 Å². The van der Waals surface area contributed by atoms with Gasteiger partial charge in [-0.1, -0.05) is 6.07 Å². The number of nitrogens with zero attached hydrogens (tertiary/aromatic N) is 3. The van der Waals surface area contributed by atoms with Gasteiger partial charge in [0.2, 0.25) is 5.91 Å². The van der Waals surface area contributed by atoms with Crippen LogP contribution in [-0.2, 0) is 4.79 Å². The van der Waals surface area contributed by atoms with Crippen LogP contribution >= 0.6 is 11.3 Å². The molecule has 29 heavy (non-hydrogen) atoms. The van der Waals surface area contributed by atoms with Crippen LogP contribution in [-0.4, -0.2) is 33.9 Å². The predicted octanol–water partition coefficient (Wildman–Crippen LogP) is 4.89. The smallest absolute Gasteiger partial charge is 0.246 e. The summed E-state index contributed by atoms with van der Waals surface area (Å²) in [5.74, 6) is 0.309. The van der Waals surface area contributed by atoms with Gasteiger partial charge in [-0.05, 0) is 48.7 Å². The number of hydrogen-bond acceptors (Lipinski definition) is 5. The topological polar surface area (TPSA) is 55.3 Å². The normalized spacial score (nSPS) is 16.9. The maximum Gasteiger partial charge on any atom is 0.246 e. The highest BCUT2D eigenvalue weighted by Crippen LogP contribution is 2.28. The second kappa shape index (κ2) is 8.96. The van der Waals surface area contributed by atoms with Crippen LogP contribution in [0.15, 0.2) is 60.4 Å². The molecule has 1 unspecified atom stereocenters. The van der Waals surface area contributed by atoms with E-state index in [1.165, 1.54) is 18.3 Å². The number of ether oxygens (including phenoxy) is 1. The molecule has 3 heterocycles. The molecule has 1 saturated heterocycles. The summed E-state index contributed by atoms with van der Waals surface area (Å²) in [6, 6.07) is 8.04. The minimum Gasteiger partial charge on any atom is -0.453 e. The van der Waals surface area contributed by atoms with Crippen LogP contribution in [0.5, 0.6) is 11.5 Å². The van der Waals surface area contributed by atoms with Crippen LogP contribution in [0.1, 0.15) is 29.3 Å². The lowest BCUT2D eigenvalue weighted by Gasteiger charge is -2.31. The minimum atomic E-state index is -0.495. The van der Waals surface area contributed by atoms with Crippen molar-refractivity contribution in [2.45, 2.75) is 18.8 Å². The lowest BCUT2D eigenvalue weighted by molar-refractivity contribution is -0.127. The molecule has 148 valence electrons. The van der Waals surface area contributed by atoms with Gasteiger partial charge < -0.3 is 9.64 Å². The molecule has 2 aromatic heterocycles. The fourth-order valence-corrected chi connectivity index (χ4v) is 4.09. The van der Waals surface area contributed by atoms with Crippen LogP contribution in [0.25, 0.3) is 6.08 Å². The monoisotopic (exact) mass is 409 g/mol. The number of thiazole rings is 1. The number of pyridine rings is 1. The van der Waals surface area contributed by atoms with Crippen LogP contribution in [0.4, 0.5) is 4.39 Å². The van der Waals surface area contributed by atoms with Crippen molar-refractivity contribution < 1.29 is 13.9 Å². The maximum absolute atomic E-state index is 14.3. The molecule has 4 rings (SSSR count). The number of carbonyl (C=O) groups is 1. The van der Waals surface area contributed by atoms with E-state index in [0.717, 1.165) is 24.4 Å². The van der Waals surface area contributed by atoms with E-state index >= 15 is 0 Å². The van der Waals surface area contributed by atoms with E-state index in [1.807, 2.05) is 10.3 Å². The fraction of sp³-hybridized carbons (Fsp3) is 0.227. The van der Waals surface area contributed by atoms with Crippen LogP contribution in [0.2, 0.25) is 0 Å². The van der Waals surface area contributed by atoms with E-state index in [2.05, 4.69) is 9.97 Å². The summed E-state index contributed by atoms with van der Waals surface area (Å²) < 4.78 is 19.8. The van der Waals surface area contributed by atoms with Crippen molar-refractivity contribution in [3.05, 3.63) is 76.8 Å². The van der Waals surface area contributed by atoms with Gasteiger partial charge >= 0.3 is 0 Å². The Morgan fingerprint density at radius 1 is 1.31 bits per heavy atom. The molecule has 1 atom stereocenters. The van der Waals surface area contributed by atoms with Crippen molar-refractivity contribution in [2.24, 2.45) is 0 Å². The molecule has 1 amide bonds. The lowest BCUT2D eigenvalue weighted by Crippen LogP contribution is -2.38. The SMILES string of the molecule is O=C(/C=C/c1ccc(Oc2cccnc2)c(F)c1)N1CCCC(c2nccs2)C1. The molecular formula is C22H20FN3O2S. The summed E-state index contributed by atoms with van der Waals surface area (Å²) in [6.07, 6.45) is 10.1. The molecular weight excluding hydrogens is 389 g/mol. The Bertz CT molecular complexity index is 993. The Balaban J connectivity index is 1.39. The molecule has 1 aliphatic rings. The largest absolute Gasteiger partial charge is 0.453 e. The quantitative estimate of drug-likeness (QED) is 0.563. The van der Waals surface area contributed by atoms with Gasteiger partial charge in [0.1, 0.15) is 5.75 Å². The highest BCUT2D eigenvalue weighted by atomic mass is 32.1. The Kier molecular flexibility index (Phi) is 5.95. The maximum atomic E-state index is 14.3. The number of hydrogen-bond donors (Lipinski definition) is 0. The Morgan fingerprint density at radius 2 is 2.24 bits per heavy atom. The molecule has 7 heteroatoms. The van der Waals surface area contributed by atoms with Gasteiger partial charge in [-0.15, -0.1) is 11.3 Å². The molecule has 1 aromatic carbocycles. The summed E-state index contributed by atoms with van der Waals surface area (Å²) in [4.78, 5) is 22.7. The second-order valence-corrected chi connectivity index (χ2v) is 7.73. The van der Waals surface area contributed by atoms with E-state index in [9.17, 15) is 9.18 Å². The molecule has 0 saturated carbocycles. The van der Waals surface area contributed by atoms with Crippen LogP contribution in [0, 0.1) is 5.82 Å². The lowest BCUT2D eigenvalue weighted by atomic mass is 9.98. The molecule has 0 radical (unpaired) electrons. The van der Waals surface area contributed by atoms with Crippen LogP contribution < -0.4 is 4.74 Å². The summed E-state index contributed by atoms with van der Waals surface area (Å²) in [6.45, 7) is 1.40. The second-order valence-electron chi connectivity index (χ2n) is 6.81. The molecule has 0 bridgehead atoms. The average Bonchev–Trinajstić information content (AvgIpc) is 3.30. The number of rotatable bonds is 5. The third-order valence-electron chi connectivity index (χ3n) is 4.77. The number of aromatic nitrogens is 2. The summed E-state index contributed by atoms with van der Waals surface area (Å²) >= 11 is 1.63. The molecule has 5 nitrogen and oxygen atoms in total. The first kappa shape index (κ1) is 19.3. The summed E-state index contributed by atoms with van der Waals surface area (Å²) in [5.41, 5.74) is 0.600. The number of amides is 1. The zero-order valence-corrected chi connectivity index (χ0v) is 16.5. The van der Waals surface area contributed by atoms with Gasteiger partial charge in [0.05, 0.1) is 11.2 Å². The fourth-order valence-electron chi connectivity index (χ4n) is 3.33. The number of benzene rings is 1. The van der Waals surface area contributed by atoms with E-state index < -0.39 is 5.82 Å². The first-order valence-corrected chi connectivity index (χ1v) is 10.3. The standard InChI is InChI=1S/C22H20FN3O2S/c23-19-13-16(5-7-20(19)28-18-4-1-9-24-14-18)6-8-21(27)26-11-2-3-17(15-26)22-25-10-12-29-22/h1,4-10,12-14,17H,2-3,11,15H2/b8-6+. The first-order chi connectivity index (χ1) is 14.2. The zero-order valence-electron chi connectivity index (χ0n) is 15.7. The van der Waals surface area contributed by atoms with Gasteiger partial charge in [-0.3, -0.25) is 9.78 Å². The molecule has 0 aliphatic carbocycles. The first-order valence-electron chi connectivity index (χ1n) is 9.43. The number of halogens is 1. The van der Waals surface area contributed by atoms with E-state index in [1.54, 1.807) is 54.1 Å². The van der Waals surface area contributed by atoms with Gasteiger partial charge in [-0.25, -0.2) is 9.37 Å². The average molecular weight is 409 g/mol. The predicted molar refractivity (Wildman–Crippen MR) is 110 cm³/mol. The number of piperidine rings is 1. The molecule has 0 N–H and O–H groups in total. The summed E-state index contributed by atoms with van der Waals surface area (Å²) in [5, 5.41) is 3.05. The van der Waals surface area contributed by atoms with Crippen molar-refractivity contribution in [3.63, 3.8) is 0 Å². The number of likely N-dealkylation sites (tertiary alicyclic amines) is 1. The van der Waals surface area contributed by atoms with Crippen molar-refractivity contribution in [1.82, 2.24) is 14.9 Å². The molecule has 1 fully saturated rings. The van der Waals surface area contributed by atoms with Crippen molar-refractivity contribution in [3.8, 4) is 11.5 Å². The molecule has 3 aromatic rings. The van der Waals surface area contributed by atoms with Gasteiger partial charge in [0.25, 0.3) is 0 Å². The minimum absolute atomic E-state index is 0.0673. The number of carbonyl (C=O) groups excluding carboxylic acids is 1. The summed E-state index contributed by atoms with van der Waals surface area (Å²) in [7, 11) is 0. The Hall–Kier alpha value is -3.06. The van der Waals surface area contributed by atoms with Gasteiger partial charge in [0, 0.05) is 42.9 Å². The molecule has 1 aliphatic heterocycles. The Morgan fingerprint density at radius 3 is 3.00 bits per heavy atom.